The molecular weight excluding hydrogens is 518 g/mol. The summed E-state index contributed by atoms with van der Waals surface area (Å²) in [5.41, 5.74) is 4.80. The molecule has 0 saturated heterocycles. The zero-order valence-electron chi connectivity index (χ0n) is 23.3. The van der Waals surface area contributed by atoms with Crippen molar-refractivity contribution in [2.24, 2.45) is 0 Å². The lowest BCUT2D eigenvalue weighted by Gasteiger charge is -2.20. The fourth-order valence-electron chi connectivity index (χ4n) is 4.66. The lowest BCUT2D eigenvalue weighted by molar-refractivity contribution is 0.102. The zero-order valence-corrected chi connectivity index (χ0v) is 23.3. The second-order valence-electron chi connectivity index (χ2n) is 9.31. The minimum atomic E-state index is -0.372. The van der Waals surface area contributed by atoms with Crippen molar-refractivity contribution >= 4 is 34.8 Å². The van der Waals surface area contributed by atoms with Crippen LogP contribution in [0.4, 0.5) is 22.0 Å². The molecule has 0 fully saturated rings. The lowest BCUT2D eigenvalue weighted by atomic mass is 10.0. The Labute approximate surface area is 238 Å². The van der Waals surface area contributed by atoms with Crippen molar-refractivity contribution in [3.05, 3.63) is 102 Å². The van der Waals surface area contributed by atoms with Gasteiger partial charge in [0.15, 0.2) is 0 Å². The van der Waals surface area contributed by atoms with E-state index >= 15 is 0 Å². The van der Waals surface area contributed by atoms with Gasteiger partial charge in [0.1, 0.15) is 23.0 Å². The molecule has 3 amide bonds. The zero-order chi connectivity index (χ0) is 28.9. The van der Waals surface area contributed by atoms with Gasteiger partial charge in [-0.25, -0.2) is 9.78 Å². The van der Waals surface area contributed by atoms with E-state index in [1.165, 1.54) is 4.90 Å². The largest absolute Gasteiger partial charge is 0.495 e. The van der Waals surface area contributed by atoms with Crippen LogP contribution >= 0.6 is 0 Å². The first-order chi connectivity index (χ1) is 19.9. The van der Waals surface area contributed by atoms with E-state index in [0.717, 1.165) is 16.8 Å². The number of carbonyl (C=O) groups excluding carboxylic acids is 2. The highest BCUT2D eigenvalue weighted by atomic mass is 16.5. The Morgan fingerprint density at radius 3 is 2.27 bits per heavy atom. The van der Waals surface area contributed by atoms with Crippen molar-refractivity contribution in [3.63, 3.8) is 0 Å². The average molecular weight is 550 g/mol. The van der Waals surface area contributed by atoms with Crippen molar-refractivity contribution in [1.82, 2.24) is 9.38 Å². The second kappa shape index (κ2) is 11.8. The molecule has 0 radical (unpaired) electrons. The quantitative estimate of drug-likeness (QED) is 0.230. The third-order valence-electron chi connectivity index (χ3n) is 6.79. The van der Waals surface area contributed by atoms with Crippen LogP contribution in [0, 0.1) is 0 Å². The van der Waals surface area contributed by atoms with Crippen LogP contribution in [-0.4, -0.2) is 42.6 Å². The Balaban J connectivity index is 1.46. The van der Waals surface area contributed by atoms with Gasteiger partial charge in [0.2, 0.25) is 0 Å². The smallest absolute Gasteiger partial charge is 0.327 e. The molecule has 0 atom stereocenters. The van der Waals surface area contributed by atoms with E-state index in [1.54, 1.807) is 56.1 Å². The van der Waals surface area contributed by atoms with Gasteiger partial charge in [0, 0.05) is 13.2 Å². The number of hydrogen-bond acceptors (Lipinski definition) is 5. The maximum Gasteiger partial charge on any atom is 0.327 e. The standard InChI is InChI=1S/C32H31N5O4/c1-5-24-31(36(2)32(39)35-25-13-9-10-14-27(25)40-3)37-20-23(16-18-29(37)33-24)30(38)34-26-19-22(15-17-28(26)41-4)21-11-7-6-8-12-21/h6-20H,5H2,1-4H3,(H,34,38)(H,35,39). The molecule has 208 valence electrons. The Morgan fingerprint density at radius 2 is 1.54 bits per heavy atom. The van der Waals surface area contributed by atoms with Gasteiger partial charge >= 0.3 is 6.03 Å². The summed E-state index contributed by atoms with van der Waals surface area (Å²) in [6.07, 6.45) is 2.28. The first-order valence-electron chi connectivity index (χ1n) is 13.2. The van der Waals surface area contributed by atoms with Crippen molar-refractivity contribution < 1.29 is 19.1 Å². The van der Waals surface area contributed by atoms with Gasteiger partial charge in [0.25, 0.3) is 5.91 Å². The van der Waals surface area contributed by atoms with Gasteiger partial charge < -0.3 is 20.1 Å². The summed E-state index contributed by atoms with van der Waals surface area (Å²) in [6.45, 7) is 1.97. The van der Waals surface area contributed by atoms with E-state index in [0.29, 0.717) is 46.3 Å². The predicted molar refractivity (Wildman–Crippen MR) is 161 cm³/mol. The number of amides is 3. The van der Waals surface area contributed by atoms with Crippen LogP contribution in [0.2, 0.25) is 0 Å². The number of aromatic nitrogens is 2. The molecule has 0 bridgehead atoms. The van der Waals surface area contributed by atoms with Gasteiger partial charge in [-0.05, 0) is 53.9 Å². The van der Waals surface area contributed by atoms with Crippen LogP contribution in [0.15, 0.2) is 91.1 Å². The van der Waals surface area contributed by atoms with Crippen molar-refractivity contribution in [2.75, 3.05) is 36.8 Å². The van der Waals surface area contributed by atoms with Crippen LogP contribution in [0.1, 0.15) is 23.0 Å². The summed E-state index contributed by atoms with van der Waals surface area (Å²) in [7, 11) is 4.78. The topological polar surface area (TPSA) is 97.2 Å². The Kier molecular flexibility index (Phi) is 7.87. The summed E-state index contributed by atoms with van der Waals surface area (Å²) < 4.78 is 12.6. The molecule has 0 aliphatic carbocycles. The fraction of sp³-hybridized carbons (Fsp3) is 0.156. The van der Waals surface area contributed by atoms with E-state index in [9.17, 15) is 9.59 Å². The third kappa shape index (κ3) is 5.56. The molecule has 0 spiro atoms. The highest BCUT2D eigenvalue weighted by molar-refractivity contribution is 6.06. The number of imidazole rings is 1. The average Bonchev–Trinajstić information content (AvgIpc) is 3.39. The van der Waals surface area contributed by atoms with Crippen LogP contribution in [-0.2, 0) is 6.42 Å². The normalized spacial score (nSPS) is 10.7. The first-order valence-corrected chi connectivity index (χ1v) is 13.2. The minimum Gasteiger partial charge on any atom is -0.495 e. The summed E-state index contributed by atoms with van der Waals surface area (Å²) in [5.74, 6) is 1.33. The summed E-state index contributed by atoms with van der Waals surface area (Å²) >= 11 is 0. The van der Waals surface area contributed by atoms with Gasteiger partial charge in [0.05, 0.1) is 36.9 Å². The third-order valence-corrected chi connectivity index (χ3v) is 6.79. The minimum absolute atomic E-state index is 0.325. The molecule has 2 N–H and O–H groups in total. The van der Waals surface area contributed by atoms with Crippen molar-refractivity contribution in [2.45, 2.75) is 13.3 Å². The molecule has 0 aliphatic rings. The highest BCUT2D eigenvalue weighted by Crippen LogP contribution is 2.31. The molecule has 9 heteroatoms. The monoisotopic (exact) mass is 549 g/mol. The number of nitrogens with one attached hydrogen (secondary N) is 2. The molecule has 5 rings (SSSR count). The second-order valence-corrected chi connectivity index (χ2v) is 9.31. The first kappa shape index (κ1) is 27.3. The molecule has 0 aliphatic heterocycles. The van der Waals surface area contributed by atoms with Gasteiger partial charge in [-0.3, -0.25) is 14.1 Å². The molecular formula is C32H31N5O4. The number of methoxy groups -OCH3 is 2. The van der Waals surface area contributed by atoms with Gasteiger partial charge in [-0.2, -0.15) is 0 Å². The summed E-state index contributed by atoms with van der Waals surface area (Å²) in [5, 5.41) is 5.88. The fourth-order valence-corrected chi connectivity index (χ4v) is 4.66. The number of pyridine rings is 1. The van der Waals surface area contributed by atoms with E-state index in [-0.39, 0.29) is 11.9 Å². The molecule has 9 nitrogen and oxygen atoms in total. The number of fused-ring (bicyclic) bond motifs is 1. The van der Waals surface area contributed by atoms with Crippen molar-refractivity contribution in [1.29, 1.82) is 0 Å². The SMILES string of the molecule is CCc1nc2ccc(C(=O)Nc3cc(-c4ccccc4)ccc3OC)cn2c1N(C)C(=O)Nc1ccccc1OC. The number of nitrogens with zero attached hydrogens (tertiary/aromatic N) is 3. The van der Waals surface area contributed by atoms with E-state index in [2.05, 4.69) is 10.6 Å². The number of para-hydroxylation sites is 2. The maximum atomic E-state index is 13.5. The number of anilines is 3. The van der Waals surface area contributed by atoms with Crippen LogP contribution in [0.3, 0.4) is 0 Å². The number of urea groups is 1. The Hall–Kier alpha value is -5.31. The molecule has 3 aromatic carbocycles. The molecule has 2 aromatic heterocycles. The van der Waals surface area contributed by atoms with Crippen molar-refractivity contribution in [3.8, 4) is 22.6 Å². The molecule has 0 unspecified atom stereocenters. The maximum absolute atomic E-state index is 13.5. The Bertz CT molecular complexity index is 1710. The van der Waals surface area contributed by atoms with Gasteiger partial charge in [-0.1, -0.05) is 55.5 Å². The van der Waals surface area contributed by atoms with E-state index in [1.807, 2.05) is 67.6 Å². The van der Waals surface area contributed by atoms with Crippen LogP contribution in [0.5, 0.6) is 11.5 Å². The van der Waals surface area contributed by atoms with E-state index < -0.39 is 0 Å². The molecule has 0 saturated carbocycles. The number of ether oxygens (including phenoxy) is 2. The molecule has 5 aromatic rings. The van der Waals surface area contributed by atoms with Crippen LogP contribution < -0.4 is 25.0 Å². The lowest BCUT2D eigenvalue weighted by Crippen LogP contribution is -2.33. The molecule has 2 heterocycles. The highest BCUT2D eigenvalue weighted by Gasteiger charge is 2.22. The summed E-state index contributed by atoms with van der Waals surface area (Å²) in [4.78, 5) is 32.9. The number of rotatable bonds is 8. The van der Waals surface area contributed by atoms with Gasteiger partial charge in [-0.15, -0.1) is 0 Å². The number of aryl methyl sites for hydroxylation is 1. The Morgan fingerprint density at radius 1 is 0.829 bits per heavy atom. The summed E-state index contributed by atoms with van der Waals surface area (Å²) in [6, 6.07) is 25.9. The predicted octanol–water partition coefficient (Wildman–Crippen LogP) is 6.50. The number of hydrogen-bond donors (Lipinski definition) is 2. The number of benzene rings is 3. The van der Waals surface area contributed by atoms with Crippen LogP contribution in [0.25, 0.3) is 16.8 Å². The van der Waals surface area contributed by atoms with E-state index in [4.69, 9.17) is 14.5 Å². The molecule has 41 heavy (non-hydrogen) atoms. The number of carbonyl (C=O) groups is 2.